The molecule has 0 unspecified atom stereocenters. The van der Waals surface area contributed by atoms with E-state index in [0.29, 0.717) is 19.8 Å². The zero-order chi connectivity index (χ0) is 11.5. The number of hydrogen-bond donors (Lipinski definition) is 2. The Balaban J connectivity index is 2.22. The lowest BCUT2D eigenvalue weighted by molar-refractivity contribution is 0.0517. The van der Waals surface area contributed by atoms with Gasteiger partial charge in [-0.3, -0.25) is 0 Å². The molecule has 3 N–H and O–H groups in total. The van der Waals surface area contributed by atoms with Crippen molar-refractivity contribution in [2.75, 3.05) is 19.8 Å². The van der Waals surface area contributed by atoms with Crippen molar-refractivity contribution in [3.8, 4) is 0 Å². The number of amides is 1. The molecule has 1 aliphatic rings. The molecule has 2 atom stereocenters. The maximum atomic E-state index is 11.3. The summed E-state index contributed by atoms with van der Waals surface area (Å²) in [7, 11) is 0. The van der Waals surface area contributed by atoms with E-state index in [1.165, 1.54) is 0 Å². The molecule has 15 heavy (non-hydrogen) atoms. The Labute approximate surface area is 90.3 Å². The molecular formula is C10H20N2O3. The fraction of sp³-hybridized carbons (Fsp3) is 0.900. The van der Waals surface area contributed by atoms with E-state index in [1.807, 2.05) is 20.8 Å². The SMILES string of the molecule is CC(C)(C)OC(=O)NC[C@@H]1COC[C@@H]1N. The Morgan fingerprint density at radius 3 is 2.67 bits per heavy atom. The first kappa shape index (κ1) is 12.3. The molecule has 0 aromatic rings. The minimum atomic E-state index is -0.460. The molecule has 0 aromatic heterocycles. The van der Waals surface area contributed by atoms with Gasteiger partial charge in [-0.05, 0) is 20.8 Å². The first-order valence-electron chi connectivity index (χ1n) is 5.18. The van der Waals surface area contributed by atoms with Crippen molar-refractivity contribution in [2.45, 2.75) is 32.4 Å². The van der Waals surface area contributed by atoms with Gasteiger partial charge in [0.2, 0.25) is 0 Å². The van der Waals surface area contributed by atoms with E-state index in [9.17, 15) is 4.79 Å². The van der Waals surface area contributed by atoms with Crippen molar-refractivity contribution < 1.29 is 14.3 Å². The van der Waals surface area contributed by atoms with Crippen LogP contribution < -0.4 is 11.1 Å². The van der Waals surface area contributed by atoms with E-state index >= 15 is 0 Å². The molecule has 88 valence electrons. The molecule has 0 bridgehead atoms. The first-order valence-corrected chi connectivity index (χ1v) is 5.18. The lowest BCUT2D eigenvalue weighted by Crippen LogP contribution is -2.40. The van der Waals surface area contributed by atoms with Crippen LogP contribution in [0.3, 0.4) is 0 Å². The minimum Gasteiger partial charge on any atom is -0.444 e. The largest absolute Gasteiger partial charge is 0.444 e. The molecule has 1 amide bonds. The van der Waals surface area contributed by atoms with Crippen LogP contribution >= 0.6 is 0 Å². The molecule has 0 saturated carbocycles. The Morgan fingerprint density at radius 2 is 2.20 bits per heavy atom. The van der Waals surface area contributed by atoms with Gasteiger partial charge in [-0.1, -0.05) is 0 Å². The summed E-state index contributed by atoms with van der Waals surface area (Å²) >= 11 is 0. The summed E-state index contributed by atoms with van der Waals surface area (Å²) in [6, 6.07) is 0.0138. The molecule has 1 saturated heterocycles. The zero-order valence-electron chi connectivity index (χ0n) is 9.58. The Kier molecular flexibility index (Phi) is 3.93. The number of hydrogen-bond acceptors (Lipinski definition) is 4. The summed E-state index contributed by atoms with van der Waals surface area (Å²) in [5.74, 6) is 0.192. The van der Waals surface area contributed by atoms with E-state index in [4.69, 9.17) is 15.2 Å². The Bertz CT molecular complexity index is 225. The summed E-state index contributed by atoms with van der Waals surface area (Å²) in [6.45, 7) is 7.18. The van der Waals surface area contributed by atoms with Crippen LogP contribution in [-0.2, 0) is 9.47 Å². The van der Waals surface area contributed by atoms with Crippen molar-refractivity contribution in [3.63, 3.8) is 0 Å². The fourth-order valence-electron chi connectivity index (χ4n) is 1.35. The second kappa shape index (κ2) is 4.81. The molecule has 1 fully saturated rings. The van der Waals surface area contributed by atoms with Crippen molar-refractivity contribution in [1.29, 1.82) is 0 Å². The lowest BCUT2D eigenvalue weighted by Gasteiger charge is -2.21. The summed E-state index contributed by atoms with van der Waals surface area (Å²) in [5, 5.41) is 2.69. The van der Waals surface area contributed by atoms with E-state index in [2.05, 4.69) is 5.32 Å². The third kappa shape index (κ3) is 4.48. The van der Waals surface area contributed by atoms with E-state index in [-0.39, 0.29) is 12.0 Å². The molecule has 0 spiro atoms. The Morgan fingerprint density at radius 1 is 1.53 bits per heavy atom. The van der Waals surface area contributed by atoms with Crippen LogP contribution in [0.5, 0.6) is 0 Å². The fourth-order valence-corrected chi connectivity index (χ4v) is 1.35. The van der Waals surface area contributed by atoms with Gasteiger partial charge in [-0.25, -0.2) is 4.79 Å². The quantitative estimate of drug-likeness (QED) is 0.704. The molecule has 0 aromatic carbocycles. The third-order valence-corrected chi connectivity index (χ3v) is 2.16. The molecule has 5 nitrogen and oxygen atoms in total. The predicted molar refractivity (Wildman–Crippen MR) is 56.5 cm³/mol. The maximum absolute atomic E-state index is 11.3. The summed E-state index contributed by atoms with van der Waals surface area (Å²) in [5.41, 5.74) is 5.32. The predicted octanol–water partition coefficient (Wildman–Crippen LogP) is 0.485. The van der Waals surface area contributed by atoms with Crippen molar-refractivity contribution in [2.24, 2.45) is 11.7 Å². The summed E-state index contributed by atoms with van der Waals surface area (Å²) in [4.78, 5) is 11.3. The lowest BCUT2D eigenvalue weighted by atomic mass is 10.1. The summed E-state index contributed by atoms with van der Waals surface area (Å²) < 4.78 is 10.3. The van der Waals surface area contributed by atoms with E-state index in [0.717, 1.165) is 0 Å². The molecular weight excluding hydrogens is 196 g/mol. The average molecular weight is 216 g/mol. The number of ether oxygens (including phenoxy) is 2. The summed E-state index contributed by atoms with van der Waals surface area (Å²) in [6.07, 6.45) is -0.401. The van der Waals surface area contributed by atoms with Crippen LogP contribution in [0.2, 0.25) is 0 Å². The van der Waals surface area contributed by atoms with Gasteiger partial charge in [0.25, 0.3) is 0 Å². The second-order valence-corrected chi connectivity index (χ2v) is 4.84. The van der Waals surface area contributed by atoms with Crippen LogP contribution in [0.25, 0.3) is 0 Å². The average Bonchev–Trinajstić information content (AvgIpc) is 2.44. The van der Waals surface area contributed by atoms with Gasteiger partial charge in [0.15, 0.2) is 0 Å². The maximum Gasteiger partial charge on any atom is 0.407 e. The van der Waals surface area contributed by atoms with Gasteiger partial charge >= 0.3 is 6.09 Å². The molecule has 1 rings (SSSR count). The topological polar surface area (TPSA) is 73.6 Å². The highest BCUT2D eigenvalue weighted by Gasteiger charge is 2.25. The third-order valence-electron chi connectivity index (χ3n) is 2.16. The first-order chi connectivity index (χ1) is 6.88. The van der Waals surface area contributed by atoms with Gasteiger partial charge in [0.1, 0.15) is 5.60 Å². The normalized spacial score (nSPS) is 26.4. The van der Waals surface area contributed by atoms with Gasteiger partial charge in [0.05, 0.1) is 13.2 Å². The number of alkyl carbamates (subject to hydrolysis) is 1. The number of rotatable bonds is 2. The van der Waals surface area contributed by atoms with Crippen LogP contribution in [0.15, 0.2) is 0 Å². The van der Waals surface area contributed by atoms with Crippen molar-refractivity contribution in [1.82, 2.24) is 5.32 Å². The Hall–Kier alpha value is -0.810. The smallest absolute Gasteiger partial charge is 0.407 e. The second-order valence-electron chi connectivity index (χ2n) is 4.84. The number of nitrogens with one attached hydrogen (secondary N) is 1. The molecule has 0 aliphatic carbocycles. The zero-order valence-corrected chi connectivity index (χ0v) is 9.58. The van der Waals surface area contributed by atoms with E-state index < -0.39 is 11.7 Å². The minimum absolute atomic E-state index is 0.0138. The highest BCUT2D eigenvalue weighted by atomic mass is 16.6. The standard InChI is InChI=1S/C10H20N2O3/c1-10(2,3)15-9(13)12-4-7-5-14-6-8(7)11/h7-8H,4-6,11H2,1-3H3,(H,12,13)/t7-,8+/m1/s1. The van der Waals surface area contributed by atoms with Gasteiger partial charge in [-0.15, -0.1) is 0 Å². The molecule has 5 heteroatoms. The van der Waals surface area contributed by atoms with Crippen molar-refractivity contribution >= 4 is 6.09 Å². The van der Waals surface area contributed by atoms with Crippen LogP contribution in [0, 0.1) is 5.92 Å². The van der Waals surface area contributed by atoms with E-state index in [1.54, 1.807) is 0 Å². The highest BCUT2D eigenvalue weighted by Crippen LogP contribution is 2.11. The van der Waals surface area contributed by atoms with Gasteiger partial charge in [-0.2, -0.15) is 0 Å². The van der Waals surface area contributed by atoms with Crippen molar-refractivity contribution in [3.05, 3.63) is 0 Å². The van der Waals surface area contributed by atoms with Gasteiger partial charge in [0, 0.05) is 18.5 Å². The molecule has 1 aliphatic heterocycles. The van der Waals surface area contributed by atoms with Crippen LogP contribution in [0.4, 0.5) is 4.79 Å². The number of carbonyl (C=O) groups is 1. The molecule has 0 radical (unpaired) electrons. The number of nitrogens with two attached hydrogens (primary N) is 1. The van der Waals surface area contributed by atoms with Gasteiger partial charge < -0.3 is 20.5 Å². The monoisotopic (exact) mass is 216 g/mol. The van der Waals surface area contributed by atoms with Crippen LogP contribution in [0.1, 0.15) is 20.8 Å². The number of carbonyl (C=O) groups excluding carboxylic acids is 1. The van der Waals surface area contributed by atoms with Crippen LogP contribution in [-0.4, -0.2) is 37.5 Å². The molecule has 1 heterocycles. The highest BCUT2D eigenvalue weighted by molar-refractivity contribution is 5.67.